The van der Waals surface area contributed by atoms with E-state index in [0.29, 0.717) is 12.2 Å². The summed E-state index contributed by atoms with van der Waals surface area (Å²) in [7, 11) is 1.65. The molecule has 4 rings (SSSR count). The van der Waals surface area contributed by atoms with Gasteiger partial charge in [0.15, 0.2) is 11.5 Å². The monoisotopic (exact) mass is 385 g/mol. The second kappa shape index (κ2) is 7.09. The van der Waals surface area contributed by atoms with Gasteiger partial charge in [-0.25, -0.2) is 4.99 Å². The Morgan fingerprint density at radius 2 is 2.03 bits per heavy atom. The van der Waals surface area contributed by atoms with E-state index in [1.807, 2.05) is 54.6 Å². The summed E-state index contributed by atoms with van der Waals surface area (Å²) in [5.74, 6) is 0.701. The number of nitrogens with zero attached hydrogens (tertiary/aromatic N) is 2. The van der Waals surface area contributed by atoms with Gasteiger partial charge in [0.05, 0.1) is 0 Å². The molecule has 2 aliphatic heterocycles. The summed E-state index contributed by atoms with van der Waals surface area (Å²) in [5.41, 5.74) is 8.48. The maximum atomic E-state index is 13.3. The van der Waals surface area contributed by atoms with Crippen molar-refractivity contribution in [2.75, 3.05) is 7.05 Å². The number of benzene rings is 2. The number of carbonyl (C=O) groups excluding carboxylic acids is 1. The first-order chi connectivity index (χ1) is 14.0. The number of nitrogens with two attached hydrogens (primary N) is 1. The maximum Gasteiger partial charge on any atom is 0.261 e. The molecule has 0 bridgehead atoms. The zero-order chi connectivity index (χ0) is 20.6. The number of fused-ring (bicyclic) bond motifs is 2. The highest BCUT2D eigenvalue weighted by Gasteiger charge is 2.53. The number of ether oxygens (including phenoxy) is 1. The van der Waals surface area contributed by atoms with E-state index in [0.717, 1.165) is 22.3 Å². The molecule has 2 aromatic carbocycles. The molecule has 29 heavy (non-hydrogen) atoms. The first kappa shape index (κ1) is 18.7. The quantitative estimate of drug-likeness (QED) is 0.811. The summed E-state index contributed by atoms with van der Waals surface area (Å²) in [6.45, 7) is 7.64. The lowest BCUT2D eigenvalue weighted by Crippen LogP contribution is -2.43. The van der Waals surface area contributed by atoms with E-state index in [1.165, 1.54) is 4.90 Å². The molecule has 1 amide bonds. The molecule has 0 saturated carbocycles. The number of carbonyl (C=O) groups is 1. The summed E-state index contributed by atoms with van der Waals surface area (Å²) in [6, 6.07) is 15.7. The molecule has 5 nitrogen and oxygen atoms in total. The second-order valence-corrected chi connectivity index (χ2v) is 7.19. The molecule has 5 heteroatoms. The van der Waals surface area contributed by atoms with Crippen LogP contribution in [0.2, 0.25) is 0 Å². The first-order valence-electron chi connectivity index (χ1n) is 9.45. The van der Waals surface area contributed by atoms with Crippen molar-refractivity contribution >= 4 is 17.4 Å². The van der Waals surface area contributed by atoms with Gasteiger partial charge in [-0.2, -0.15) is 0 Å². The van der Waals surface area contributed by atoms with Crippen LogP contribution in [0.4, 0.5) is 0 Å². The van der Waals surface area contributed by atoms with Gasteiger partial charge in [0.1, 0.15) is 11.9 Å². The number of aliphatic imine (C=N–C) groups is 1. The van der Waals surface area contributed by atoms with Gasteiger partial charge in [0, 0.05) is 19.0 Å². The largest absolute Gasteiger partial charge is 0.485 e. The van der Waals surface area contributed by atoms with Crippen LogP contribution >= 0.6 is 0 Å². The number of guanidine groups is 1. The molecule has 1 spiro atoms. The Hall–Kier alpha value is -3.60. The van der Waals surface area contributed by atoms with Crippen LogP contribution in [-0.4, -0.2) is 23.8 Å². The highest BCUT2D eigenvalue weighted by atomic mass is 16.5. The molecular formula is C24H23N3O2. The van der Waals surface area contributed by atoms with Gasteiger partial charge < -0.3 is 10.5 Å². The third-order valence-electron chi connectivity index (χ3n) is 5.50. The van der Waals surface area contributed by atoms with Crippen molar-refractivity contribution in [1.82, 2.24) is 4.90 Å². The fourth-order valence-corrected chi connectivity index (χ4v) is 3.98. The average Bonchev–Trinajstić information content (AvgIpc) is 2.96. The highest BCUT2D eigenvalue weighted by Crippen LogP contribution is 2.50. The van der Waals surface area contributed by atoms with Crippen molar-refractivity contribution < 1.29 is 9.53 Å². The molecule has 2 atom stereocenters. The SMILES string of the molecule is C=CC=C(C=C)c1ccc2c(c1)C1(CC(c3ccccc3)O2)N=C(N)N(C)C1=O. The van der Waals surface area contributed by atoms with Crippen LogP contribution in [0.25, 0.3) is 5.57 Å². The van der Waals surface area contributed by atoms with Gasteiger partial charge in [-0.1, -0.05) is 67.8 Å². The standard InChI is InChI=1S/C24H23N3O2/c1-4-9-16(5-2)18-12-13-20-19(14-18)24(22(28)27(3)23(25)26-24)15-21(29-20)17-10-7-6-8-11-17/h4-14,21H,1-2,15H2,3H3,(H2,25,26). The summed E-state index contributed by atoms with van der Waals surface area (Å²) in [5, 5.41) is 0. The number of allylic oxidation sites excluding steroid dienone is 4. The molecule has 0 aliphatic carbocycles. The number of likely N-dealkylation sites (N-methyl/N-ethyl adjacent to an activating group) is 1. The Labute approximate surface area is 170 Å². The van der Waals surface area contributed by atoms with Crippen LogP contribution in [0, 0.1) is 0 Å². The summed E-state index contributed by atoms with van der Waals surface area (Å²) in [6.07, 6.45) is 5.42. The Morgan fingerprint density at radius 1 is 1.28 bits per heavy atom. The third-order valence-corrected chi connectivity index (χ3v) is 5.50. The van der Waals surface area contributed by atoms with E-state index < -0.39 is 5.54 Å². The Morgan fingerprint density at radius 3 is 2.66 bits per heavy atom. The zero-order valence-electron chi connectivity index (χ0n) is 16.3. The van der Waals surface area contributed by atoms with Crippen LogP contribution in [0.5, 0.6) is 5.75 Å². The number of hydrogen-bond acceptors (Lipinski definition) is 4. The molecule has 0 aromatic heterocycles. The molecule has 2 heterocycles. The Kier molecular flexibility index (Phi) is 4.59. The van der Waals surface area contributed by atoms with Crippen molar-refractivity contribution in [3.63, 3.8) is 0 Å². The van der Waals surface area contributed by atoms with E-state index in [4.69, 9.17) is 10.5 Å². The molecular weight excluding hydrogens is 362 g/mol. The summed E-state index contributed by atoms with van der Waals surface area (Å²) < 4.78 is 6.31. The smallest absolute Gasteiger partial charge is 0.261 e. The number of rotatable bonds is 4. The minimum Gasteiger partial charge on any atom is -0.485 e. The minimum absolute atomic E-state index is 0.148. The predicted molar refractivity (Wildman–Crippen MR) is 115 cm³/mol. The average molecular weight is 385 g/mol. The van der Waals surface area contributed by atoms with Crippen molar-refractivity contribution in [2.24, 2.45) is 10.7 Å². The van der Waals surface area contributed by atoms with E-state index >= 15 is 0 Å². The van der Waals surface area contributed by atoms with E-state index in [-0.39, 0.29) is 18.0 Å². The van der Waals surface area contributed by atoms with Crippen LogP contribution in [0.1, 0.15) is 29.2 Å². The molecule has 0 radical (unpaired) electrons. The second-order valence-electron chi connectivity index (χ2n) is 7.19. The molecule has 0 fully saturated rings. The molecule has 0 saturated heterocycles. The number of amides is 1. The van der Waals surface area contributed by atoms with Gasteiger partial charge in [-0.05, 0) is 28.8 Å². The predicted octanol–water partition coefficient (Wildman–Crippen LogP) is 3.95. The fourth-order valence-electron chi connectivity index (χ4n) is 3.98. The van der Waals surface area contributed by atoms with Crippen molar-refractivity contribution in [3.05, 3.63) is 96.6 Å². The van der Waals surface area contributed by atoms with Crippen LogP contribution in [0.15, 0.2) is 84.9 Å². The molecule has 2 aromatic rings. The molecule has 2 aliphatic rings. The van der Waals surface area contributed by atoms with E-state index in [2.05, 4.69) is 18.2 Å². The lowest BCUT2D eigenvalue weighted by atomic mass is 9.79. The van der Waals surface area contributed by atoms with E-state index in [1.54, 1.807) is 19.2 Å². The summed E-state index contributed by atoms with van der Waals surface area (Å²) >= 11 is 0. The minimum atomic E-state index is -1.11. The van der Waals surface area contributed by atoms with Gasteiger partial charge in [0.2, 0.25) is 0 Å². The van der Waals surface area contributed by atoms with Crippen LogP contribution in [0.3, 0.4) is 0 Å². The zero-order valence-corrected chi connectivity index (χ0v) is 16.3. The fraction of sp³-hybridized carbons (Fsp3) is 0.167. The topological polar surface area (TPSA) is 67.9 Å². The maximum absolute atomic E-state index is 13.3. The first-order valence-corrected chi connectivity index (χ1v) is 9.45. The van der Waals surface area contributed by atoms with Crippen LogP contribution < -0.4 is 10.5 Å². The molecule has 2 unspecified atom stereocenters. The van der Waals surface area contributed by atoms with Crippen molar-refractivity contribution in [3.8, 4) is 5.75 Å². The lowest BCUT2D eigenvalue weighted by molar-refractivity contribution is -0.132. The summed E-state index contributed by atoms with van der Waals surface area (Å²) in [4.78, 5) is 19.4. The van der Waals surface area contributed by atoms with Gasteiger partial charge >= 0.3 is 0 Å². The third kappa shape index (κ3) is 2.95. The molecule has 146 valence electrons. The van der Waals surface area contributed by atoms with Crippen molar-refractivity contribution in [2.45, 2.75) is 18.1 Å². The Balaban J connectivity index is 1.90. The highest BCUT2D eigenvalue weighted by molar-refractivity contribution is 6.07. The van der Waals surface area contributed by atoms with E-state index in [9.17, 15) is 4.79 Å². The van der Waals surface area contributed by atoms with Gasteiger partial charge in [0.25, 0.3) is 5.91 Å². The van der Waals surface area contributed by atoms with Crippen LogP contribution in [-0.2, 0) is 10.3 Å². The number of hydrogen-bond donors (Lipinski definition) is 1. The lowest BCUT2D eigenvalue weighted by Gasteiger charge is -2.37. The normalized spacial score (nSPS) is 23.4. The van der Waals surface area contributed by atoms with Gasteiger partial charge in [-0.3, -0.25) is 9.69 Å². The van der Waals surface area contributed by atoms with Crippen molar-refractivity contribution in [1.29, 1.82) is 0 Å². The molecule has 2 N–H and O–H groups in total. The van der Waals surface area contributed by atoms with Gasteiger partial charge in [-0.15, -0.1) is 0 Å². The Bertz CT molecular complexity index is 1060.